The summed E-state index contributed by atoms with van der Waals surface area (Å²) < 4.78 is 0. The molecule has 1 atom stereocenters. The lowest BCUT2D eigenvalue weighted by molar-refractivity contribution is -0.130. The molecular weight excluding hydrogens is 90.1 g/mol. The molecular formula is C5H9NO. The normalized spacial score (nSPS) is 40.6. The maximum Gasteiger partial charge on any atom is 0.152 e. The van der Waals surface area contributed by atoms with Gasteiger partial charge in [0.05, 0.1) is 5.54 Å². The lowest BCUT2D eigenvalue weighted by Crippen LogP contribution is -2.52. The van der Waals surface area contributed by atoms with Crippen LogP contribution in [-0.4, -0.2) is 11.3 Å². The average Bonchev–Trinajstić information content (AvgIpc) is 1.63. The van der Waals surface area contributed by atoms with Crippen LogP contribution in [0.3, 0.4) is 0 Å². The molecule has 1 saturated carbocycles. The monoisotopic (exact) mass is 99.1 g/mol. The molecule has 1 fully saturated rings. The number of carbonyl (C=O) groups excluding carboxylic acids is 1. The first-order valence-electron chi connectivity index (χ1n) is 2.45. The van der Waals surface area contributed by atoms with E-state index in [1.165, 1.54) is 0 Å². The molecule has 0 spiro atoms. The molecule has 0 amide bonds. The van der Waals surface area contributed by atoms with Gasteiger partial charge in [-0.3, -0.25) is 4.79 Å². The second-order valence-corrected chi connectivity index (χ2v) is 2.34. The Labute approximate surface area is 42.7 Å². The van der Waals surface area contributed by atoms with E-state index < -0.39 is 5.54 Å². The van der Waals surface area contributed by atoms with Crippen molar-refractivity contribution in [2.75, 3.05) is 0 Å². The molecule has 0 saturated heterocycles. The molecule has 2 heteroatoms. The van der Waals surface area contributed by atoms with Crippen LogP contribution >= 0.6 is 0 Å². The summed E-state index contributed by atoms with van der Waals surface area (Å²) in [6, 6.07) is 0. The zero-order valence-electron chi connectivity index (χ0n) is 4.40. The van der Waals surface area contributed by atoms with E-state index in [1.807, 2.05) is 0 Å². The van der Waals surface area contributed by atoms with Crippen LogP contribution < -0.4 is 5.73 Å². The first kappa shape index (κ1) is 4.78. The number of ketones is 1. The molecule has 1 aliphatic rings. The van der Waals surface area contributed by atoms with Gasteiger partial charge in [0.15, 0.2) is 5.78 Å². The van der Waals surface area contributed by atoms with Crippen molar-refractivity contribution >= 4 is 5.78 Å². The largest absolute Gasteiger partial charge is 0.319 e. The van der Waals surface area contributed by atoms with Crippen LogP contribution in [0.2, 0.25) is 0 Å². The minimum absolute atomic E-state index is 0.201. The predicted octanol–water partition coefficient (Wildman–Crippen LogP) is 0.0667. The molecule has 1 unspecified atom stereocenters. The van der Waals surface area contributed by atoms with Crippen LogP contribution in [0, 0.1) is 0 Å². The van der Waals surface area contributed by atoms with Gasteiger partial charge in [-0.25, -0.2) is 0 Å². The fourth-order valence-corrected chi connectivity index (χ4v) is 0.621. The van der Waals surface area contributed by atoms with Gasteiger partial charge in [-0.05, 0) is 13.3 Å². The third kappa shape index (κ3) is 0.548. The fraction of sp³-hybridized carbons (Fsp3) is 0.800. The highest BCUT2D eigenvalue weighted by Crippen LogP contribution is 2.23. The quantitative estimate of drug-likeness (QED) is 0.467. The van der Waals surface area contributed by atoms with Crippen LogP contribution in [0.5, 0.6) is 0 Å². The predicted molar refractivity (Wildman–Crippen MR) is 26.8 cm³/mol. The summed E-state index contributed by atoms with van der Waals surface area (Å²) in [4.78, 5) is 10.4. The molecule has 0 aromatic carbocycles. The van der Waals surface area contributed by atoms with Gasteiger partial charge in [-0.2, -0.15) is 0 Å². The summed E-state index contributed by atoms with van der Waals surface area (Å²) in [5.41, 5.74) is 4.96. The lowest BCUT2D eigenvalue weighted by Gasteiger charge is -2.31. The Hall–Kier alpha value is -0.370. The van der Waals surface area contributed by atoms with Crippen molar-refractivity contribution in [3.63, 3.8) is 0 Å². The highest BCUT2D eigenvalue weighted by molar-refractivity contribution is 5.93. The maximum atomic E-state index is 10.4. The van der Waals surface area contributed by atoms with E-state index in [2.05, 4.69) is 0 Å². The van der Waals surface area contributed by atoms with Crippen molar-refractivity contribution in [2.45, 2.75) is 25.3 Å². The zero-order chi connectivity index (χ0) is 5.49. The molecule has 1 aliphatic carbocycles. The highest BCUT2D eigenvalue weighted by Gasteiger charge is 2.36. The van der Waals surface area contributed by atoms with Gasteiger partial charge in [0, 0.05) is 6.42 Å². The van der Waals surface area contributed by atoms with E-state index >= 15 is 0 Å². The Balaban J connectivity index is 2.59. The van der Waals surface area contributed by atoms with Gasteiger partial charge in [0.2, 0.25) is 0 Å². The lowest BCUT2D eigenvalue weighted by atomic mass is 9.78. The molecule has 2 nitrogen and oxygen atoms in total. The van der Waals surface area contributed by atoms with Crippen molar-refractivity contribution in [3.05, 3.63) is 0 Å². The zero-order valence-corrected chi connectivity index (χ0v) is 4.40. The highest BCUT2D eigenvalue weighted by atomic mass is 16.1. The molecule has 0 aliphatic heterocycles. The van der Waals surface area contributed by atoms with E-state index in [4.69, 9.17) is 5.73 Å². The molecule has 7 heavy (non-hydrogen) atoms. The molecule has 0 aromatic rings. The van der Waals surface area contributed by atoms with Crippen molar-refractivity contribution in [1.29, 1.82) is 0 Å². The van der Waals surface area contributed by atoms with Crippen molar-refractivity contribution in [3.8, 4) is 0 Å². The van der Waals surface area contributed by atoms with Gasteiger partial charge in [0.25, 0.3) is 0 Å². The molecule has 0 radical (unpaired) electrons. The number of carbonyl (C=O) groups is 1. The first-order chi connectivity index (χ1) is 3.13. The van der Waals surface area contributed by atoms with Gasteiger partial charge in [-0.15, -0.1) is 0 Å². The third-order valence-corrected chi connectivity index (χ3v) is 1.51. The number of hydrogen-bond donors (Lipinski definition) is 1. The van der Waals surface area contributed by atoms with E-state index in [0.717, 1.165) is 6.42 Å². The molecule has 1 rings (SSSR count). The molecule has 40 valence electrons. The Kier molecular flexibility index (Phi) is 0.729. The Bertz CT molecular complexity index is 107. The van der Waals surface area contributed by atoms with Crippen molar-refractivity contribution in [2.24, 2.45) is 5.73 Å². The summed E-state index contributed by atoms with van der Waals surface area (Å²) in [7, 11) is 0. The Morgan fingerprint density at radius 3 is 2.29 bits per heavy atom. The first-order valence-corrected chi connectivity index (χ1v) is 2.45. The van der Waals surface area contributed by atoms with E-state index in [9.17, 15) is 4.79 Å². The average molecular weight is 99.1 g/mol. The number of hydrogen-bond acceptors (Lipinski definition) is 2. The number of nitrogens with two attached hydrogens (primary N) is 1. The molecule has 0 heterocycles. The molecule has 2 N–H and O–H groups in total. The van der Waals surface area contributed by atoms with Gasteiger partial charge in [-0.1, -0.05) is 0 Å². The third-order valence-electron chi connectivity index (χ3n) is 1.51. The van der Waals surface area contributed by atoms with Crippen molar-refractivity contribution < 1.29 is 4.79 Å². The maximum absolute atomic E-state index is 10.4. The van der Waals surface area contributed by atoms with E-state index in [0.29, 0.717) is 6.42 Å². The van der Waals surface area contributed by atoms with E-state index in [-0.39, 0.29) is 5.78 Å². The fourth-order valence-electron chi connectivity index (χ4n) is 0.621. The standard InChI is InChI=1S/C5H9NO/c1-5(6)3-2-4(5)7/h2-3,6H2,1H3. The minimum atomic E-state index is -0.458. The smallest absolute Gasteiger partial charge is 0.152 e. The SMILES string of the molecule is CC1(N)CCC1=O. The van der Waals surface area contributed by atoms with Crippen LogP contribution in [0.25, 0.3) is 0 Å². The van der Waals surface area contributed by atoms with Gasteiger partial charge in [0.1, 0.15) is 0 Å². The van der Waals surface area contributed by atoms with Gasteiger partial charge >= 0.3 is 0 Å². The van der Waals surface area contributed by atoms with E-state index in [1.54, 1.807) is 6.92 Å². The van der Waals surface area contributed by atoms with Crippen LogP contribution in [0.1, 0.15) is 19.8 Å². The van der Waals surface area contributed by atoms with Crippen LogP contribution in [-0.2, 0) is 4.79 Å². The Morgan fingerprint density at radius 2 is 2.29 bits per heavy atom. The summed E-state index contributed by atoms with van der Waals surface area (Å²) in [5, 5.41) is 0. The minimum Gasteiger partial charge on any atom is -0.319 e. The summed E-state index contributed by atoms with van der Waals surface area (Å²) >= 11 is 0. The summed E-state index contributed by atoms with van der Waals surface area (Å²) in [6.07, 6.45) is 1.55. The number of rotatable bonds is 0. The topological polar surface area (TPSA) is 43.1 Å². The number of Topliss-reactive ketones (excluding diaryl/α,β-unsaturated/α-hetero) is 1. The molecule has 0 bridgehead atoms. The Morgan fingerprint density at radius 1 is 1.86 bits per heavy atom. The molecule has 0 aromatic heterocycles. The summed E-state index contributed by atoms with van der Waals surface area (Å²) in [6.45, 7) is 1.78. The van der Waals surface area contributed by atoms with Crippen LogP contribution in [0.15, 0.2) is 0 Å². The van der Waals surface area contributed by atoms with Crippen molar-refractivity contribution in [1.82, 2.24) is 0 Å². The van der Waals surface area contributed by atoms with Crippen LogP contribution in [0.4, 0.5) is 0 Å². The van der Waals surface area contributed by atoms with Gasteiger partial charge < -0.3 is 5.73 Å². The second kappa shape index (κ2) is 1.07. The second-order valence-electron chi connectivity index (χ2n) is 2.34. The summed E-state index contributed by atoms with van der Waals surface area (Å²) in [5.74, 6) is 0.201.